The molecule has 0 saturated carbocycles. The van der Waals surface area contributed by atoms with Crippen LogP contribution in [0.2, 0.25) is 0 Å². The molecule has 9 nitrogen and oxygen atoms in total. The van der Waals surface area contributed by atoms with Gasteiger partial charge in [0.15, 0.2) is 0 Å². The van der Waals surface area contributed by atoms with Crippen LogP contribution in [0.5, 0.6) is 0 Å². The Labute approximate surface area is 125 Å². The summed E-state index contributed by atoms with van der Waals surface area (Å²) in [5.41, 5.74) is -0.245. The molecule has 0 unspecified atom stereocenters. The van der Waals surface area contributed by atoms with Gasteiger partial charge in [-0.3, -0.25) is 24.6 Å². The maximum atomic E-state index is 12.2. The fraction of sp³-hybridized carbons (Fsp3) is 0.462. The standard InChI is InChI=1S/C13H17N5O4/c1-3-6-17-12(19)11(18(21)22)10(15-13(17)20)5-4-9-7-14-16-8(9)2/h7H,3-6H2,1-2H3,(H,14,16)(H,15,20). The van der Waals surface area contributed by atoms with Gasteiger partial charge in [0, 0.05) is 12.2 Å². The fourth-order valence-corrected chi connectivity index (χ4v) is 2.29. The molecule has 2 rings (SSSR count). The molecule has 2 aromatic heterocycles. The van der Waals surface area contributed by atoms with Gasteiger partial charge in [-0.15, -0.1) is 0 Å². The third kappa shape index (κ3) is 2.97. The van der Waals surface area contributed by atoms with Crippen LogP contribution in [-0.4, -0.2) is 24.7 Å². The van der Waals surface area contributed by atoms with Crippen molar-refractivity contribution in [1.82, 2.24) is 19.7 Å². The van der Waals surface area contributed by atoms with Gasteiger partial charge < -0.3 is 4.98 Å². The number of nitro groups is 1. The summed E-state index contributed by atoms with van der Waals surface area (Å²) in [6.45, 7) is 3.77. The highest BCUT2D eigenvalue weighted by Crippen LogP contribution is 2.13. The summed E-state index contributed by atoms with van der Waals surface area (Å²) in [5, 5.41) is 17.8. The van der Waals surface area contributed by atoms with Crippen molar-refractivity contribution in [2.24, 2.45) is 0 Å². The van der Waals surface area contributed by atoms with Crippen LogP contribution in [0.25, 0.3) is 0 Å². The van der Waals surface area contributed by atoms with Gasteiger partial charge in [-0.1, -0.05) is 6.92 Å². The van der Waals surface area contributed by atoms with Crippen LogP contribution >= 0.6 is 0 Å². The molecule has 0 saturated heterocycles. The number of hydrogen-bond acceptors (Lipinski definition) is 5. The molecule has 0 amide bonds. The monoisotopic (exact) mass is 307 g/mol. The van der Waals surface area contributed by atoms with E-state index in [9.17, 15) is 19.7 Å². The molecule has 0 aromatic carbocycles. The smallest absolute Gasteiger partial charge is 0.305 e. The van der Waals surface area contributed by atoms with Crippen molar-refractivity contribution >= 4 is 5.69 Å². The molecule has 0 aliphatic rings. The van der Waals surface area contributed by atoms with Gasteiger partial charge >= 0.3 is 16.9 Å². The summed E-state index contributed by atoms with van der Waals surface area (Å²) >= 11 is 0. The van der Waals surface area contributed by atoms with Crippen LogP contribution in [0.4, 0.5) is 5.69 Å². The number of aromatic nitrogens is 4. The average Bonchev–Trinajstić information content (AvgIpc) is 2.85. The second-order valence-corrected chi connectivity index (χ2v) is 4.99. The molecule has 0 aliphatic carbocycles. The van der Waals surface area contributed by atoms with E-state index in [1.165, 1.54) is 0 Å². The number of nitrogens with zero attached hydrogens (tertiary/aromatic N) is 3. The number of nitrogens with one attached hydrogen (secondary N) is 2. The van der Waals surface area contributed by atoms with Gasteiger partial charge in [-0.25, -0.2) is 4.79 Å². The zero-order chi connectivity index (χ0) is 16.3. The molecule has 2 heterocycles. The SMILES string of the molecule is CCCn1c(=O)[nH]c(CCc2cn[nH]c2C)c([N+](=O)[O-])c1=O. The molecule has 0 radical (unpaired) electrons. The highest BCUT2D eigenvalue weighted by Gasteiger charge is 2.23. The van der Waals surface area contributed by atoms with Crippen molar-refractivity contribution < 1.29 is 4.92 Å². The zero-order valence-electron chi connectivity index (χ0n) is 12.4. The molecule has 2 N–H and O–H groups in total. The number of aromatic amines is 2. The summed E-state index contributed by atoms with van der Waals surface area (Å²) in [6.07, 6.45) is 2.79. The van der Waals surface area contributed by atoms with Crippen LogP contribution in [0.15, 0.2) is 15.8 Å². The Morgan fingerprint density at radius 1 is 1.36 bits per heavy atom. The minimum absolute atomic E-state index is 0.0490. The number of hydrogen-bond donors (Lipinski definition) is 2. The molecule has 0 atom stereocenters. The first-order valence-electron chi connectivity index (χ1n) is 6.95. The summed E-state index contributed by atoms with van der Waals surface area (Å²) in [6, 6.07) is 0. The van der Waals surface area contributed by atoms with E-state index in [0.29, 0.717) is 12.8 Å². The van der Waals surface area contributed by atoms with E-state index in [4.69, 9.17) is 0 Å². The van der Waals surface area contributed by atoms with Gasteiger partial charge in [0.1, 0.15) is 5.69 Å². The van der Waals surface area contributed by atoms with Gasteiger partial charge in [0.25, 0.3) is 0 Å². The lowest BCUT2D eigenvalue weighted by atomic mass is 10.1. The predicted molar refractivity (Wildman–Crippen MR) is 79.0 cm³/mol. The third-order valence-corrected chi connectivity index (χ3v) is 3.44. The highest BCUT2D eigenvalue weighted by molar-refractivity contribution is 5.33. The summed E-state index contributed by atoms with van der Waals surface area (Å²) in [4.78, 5) is 37.0. The minimum atomic E-state index is -0.852. The van der Waals surface area contributed by atoms with Gasteiger partial charge in [-0.05, 0) is 31.7 Å². The summed E-state index contributed by atoms with van der Waals surface area (Å²) in [5.74, 6) is 0. The van der Waals surface area contributed by atoms with Crippen molar-refractivity contribution in [3.05, 3.63) is 54.1 Å². The quantitative estimate of drug-likeness (QED) is 0.599. The first-order chi connectivity index (χ1) is 10.5. The Bertz CT molecular complexity index is 801. The number of H-pyrrole nitrogens is 2. The lowest BCUT2D eigenvalue weighted by Crippen LogP contribution is -2.37. The topological polar surface area (TPSA) is 127 Å². The van der Waals surface area contributed by atoms with Gasteiger partial charge in [-0.2, -0.15) is 5.10 Å². The van der Waals surface area contributed by atoms with Gasteiger partial charge in [0.2, 0.25) is 0 Å². The largest absolute Gasteiger partial charge is 0.353 e. The van der Waals surface area contributed by atoms with E-state index in [-0.39, 0.29) is 18.7 Å². The van der Waals surface area contributed by atoms with E-state index >= 15 is 0 Å². The van der Waals surface area contributed by atoms with E-state index in [2.05, 4.69) is 15.2 Å². The maximum Gasteiger partial charge on any atom is 0.353 e. The Hall–Kier alpha value is -2.71. The second-order valence-electron chi connectivity index (χ2n) is 4.99. The first-order valence-corrected chi connectivity index (χ1v) is 6.95. The molecule has 0 fully saturated rings. The van der Waals surface area contributed by atoms with Crippen molar-refractivity contribution in [3.8, 4) is 0 Å². The molecule has 22 heavy (non-hydrogen) atoms. The highest BCUT2D eigenvalue weighted by atomic mass is 16.6. The maximum absolute atomic E-state index is 12.2. The Balaban J connectivity index is 2.42. The number of rotatable bonds is 6. The van der Waals surface area contributed by atoms with Crippen LogP contribution in [0.3, 0.4) is 0 Å². The summed E-state index contributed by atoms with van der Waals surface area (Å²) < 4.78 is 0.866. The van der Waals surface area contributed by atoms with Crippen LogP contribution < -0.4 is 11.2 Å². The Kier molecular flexibility index (Phi) is 4.54. The Morgan fingerprint density at radius 3 is 2.64 bits per heavy atom. The number of aryl methyl sites for hydroxylation is 3. The van der Waals surface area contributed by atoms with Crippen LogP contribution in [-0.2, 0) is 19.4 Å². The normalized spacial score (nSPS) is 10.8. The van der Waals surface area contributed by atoms with E-state index in [1.54, 1.807) is 13.1 Å². The minimum Gasteiger partial charge on any atom is -0.305 e. The molecule has 0 spiro atoms. The van der Waals surface area contributed by atoms with Crippen molar-refractivity contribution in [2.75, 3.05) is 0 Å². The third-order valence-electron chi connectivity index (χ3n) is 3.44. The second kappa shape index (κ2) is 6.37. The average molecular weight is 307 g/mol. The summed E-state index contributed by atoms with van der Waals surface area (Å²) in [7, 11) is 0. The zero-order valence-corrected chi connectivity index (χ0v) is 12.4. The van der Waals surface area contributed by atoms with Crippen molar-refractivity contribution in [2.45, 2.75) is 39.7 Å². The van der Waals surface area contributed by atoms with E-state index < -0.39 is 21.9 Å². The van der Waals surface area contributed by atoms with Gasteiger partial charge in [0.05, 0.1) is 11.1 Å². The predicted octanol–water partition coefficient (Wildman–Crippen LogP) is 0.672. The lowest BCUT2D eigenvalue weighted by Gasteiger charge is -2.06. The first kappa shape index (κ1) is 15.7. The van der Waals surface area contributed by atoms with E-state index in [1.807, 2.05) is 6.92 Å². The van der Waals surface area contributed by atoms with Crippen molar-refractivity contribution in [1.29, 1.82) is 0 Å². The molecule has 9 heteroatoms. The van der Waals surface area contributed by atoms with Crippen molar-refractivity contribution in [3.63, 3.8) is 0 Å². The molecular formula is C13H17N5O4. The lowest BCUT2D eigenvalue weighted by molar-refractivity contribution is -0.387. The fourth-order valence-electron chi connectivity index (χ4n) is 2.29. The molecule has 0 aliphatic heterocycles. The Morgan fingerprint density at radius 2 is 2.09 bits per heavy atom. The van der Waals surface area contributed by atoms with Crippen LogP contribution in [0.1, 0.15) is 30.3 Å². The molecule has 118 valence electrons. The molecular weight excluding hydrogens is 290 g/mol. The molecule has 0 bridgehead atoms. The van der Waals surface area contributed by atoms with Crippen LogP contribution in [0, 0.1) is 17.0 Å². The molecule has 2 aromatic rings. The van der Waals surface area contributed by atoms with E-state index in [0.717, 1.165) is 15.8 Å².